The van der Waals surface area contributed by atoms with Crippen molar-refractivity contribution in [2.24, 2.45) is 0 Å². The van der Waals surface area contributed by atoms with Crippen molar-refractivity contribution in [2.75, 3.05) is 0 Å². The second-order valence-corrected chi connectivity index (χ2v) is 3.35. The van der Waals surface area contributed by atoms with E-state index >= 15 is 0 Å². The molecule has 1 aliphatic carbocycles. The molecule has 0 amide bonds. The van der Waals surface area contributed by atoms with Gasteiger partial charge in [0.05, 0.1) is 6.04 Å². The fourth-order valence-corrected chi connectivity index (χ4v) is 1.84. The molecule has 0 spiro atoms. The topological polar surface area (TPSA) is 67.4 Å². The van der Waals surface area contributed by atoms with E-state index in [0.29, 0.717) is 11.9 Å². The average Bonchev–Trinajstić information content (AvgIpc) is 2.67. The average molecular weight is 177 g/mol. The highest BCUT2D eigenvalue weighted by Crippen LogP contribution is 2.27. The predicted octanol–water partition coefficient (Wildman–Crippen LogP) is 1.05. The van der Waals surface area contributed by atoms with Crippen molar-refractivity contribution in [1.82, 2.24) is 20.2 Å². The van der Waals surface area contributed by atoms with Crippen molar-refractivity contribution >= 4 is 0 Å². The van der Waals surface area contributed by atoms with Gasteiger partial charge in [0.1, 0.15) is 6.07 Å². The van der Waals surface area contributed by atoms with Crippen molar-refractivity contribution < 1.29 is 0 Å². The number of nitrogens with zero attached hydrogens (tertiary/aromatic N) is 5. The van der Waals surface area contributed by atoms with E-state index in [0.717, 1.165) is 12.8 Å². The van der Waals surface area contributed by atoms with Crippen LogP contribution in [0, 0.1) is 11.3 Å². The largest absolute Gasteiger partial charge is 0.253 e. The molecule has 0 aliphatic heterocycles. The summed E-state index contributed by atoms with van der Waals surface area (Å²) in [6, 6.07) is 2.35. The molecule has 13 heavy (non-hydrogen) atoms. The van der Waals surface area contributed by atoms with Gasteiger partial charge in [0.2, 0.25) is 0 Å². The molecule has 1 aromatic heterocycles. The SMILES string of the molecule is N#Cc1nnnn1C1CCCCC1. The van der Waals surface area contributed by atoms with Gasteiger partial charge in [0, 0.05) is 0 Å². The summed E-state index contributed by atoms with van der Waals surface area (Å²) in [5.74, 6) is 0.340. The van der Waals surface area contributed by atoms with Gasteiger partial charge >= 0.3 is 0 Å². The zero-order chi connectivity index (χ0) is 9.10. The van der Waals surface area contributed by atoms with E-state index in [-0.39, 0.29) is 0 Å². The molecule has 0 atom stereocenters. The Morgan fingerprint density at radius 1 is 1.31 bits per heavy atom. The van der Waals surface area contributed by atoms with Crippen LogP contribution in [-0.4, -0.2) is 20.2 Å². The number of hydrogen-bond acceptors (Lipinski definition) is 4. The maximum atomic E-state index is 8.72. The Labute approximate surface area is 76.4 Å². The van der Waals surface area contributed by atoms with Crippen LogP contribution in [0.1, 0.15) is 44.0 Å². The van der Waals surface area contributed by atoms with E-state index in [1.54, 1.807) is 4.68 Å². The maximum Gasteiger partial charge on any atom is 0.253 e. The third kappa shape index (κ3) is 1.52. The third-order valence-electron chi connectivity index (χ3n) is 2.51. The fraction of sp³-hybridized carbons (Fsp3) is 0.750. The van der Waals surface area contributed by atoms with Gasteiger partial charge < -0.3 is 0 Å². The summed E-state index contributed by atoms with van der Waals surface area (Å²) in [6.07, 6.45) is 5.92. The zero-order valence-electron chi connectivity index (χ0n) is 7.35. The molecule has 1 aromatic rings. The van der Waals surface area contributed by atoms with Crippen LogP contribution < -0.4 is 0 Å². The van der Waals surface area contributed by atoms with Crippen LogP contribution in [0.5, 0.6) is 0 Å². The monoisotopic (exact) mass is 177 g/mol. The number of nitriles is 1. The van der Waals surface area contributed by atoms with Crippen molar-refractivity contribution in [3.05, 3.63) is 5.82 Å². The second-order valence-electron chi connectivity index (χ2n) is 3.35. The number of aromatic nitrogens is 4. The lowest BCUT2D eigenvalue weighted by Gasteiger charge is -2.20. The minimum absolute atomic E-state index is 0.340. The van der Waals surface area contributed by atoms with Gasteiger partial charge in [0.25, 0.3) is 5.82 Å². The molecular weight excluding hydrogens is 166 g/mol. The number of rotatable bonds is 1. The van der Waals surface area contributed by atoms with Crippen molar-refractivity contribution in [1.29, 1.82) is 5.26 Å². The zero-order valence-corrected chi connectivity index (χ0v) is 7.35. The molecule has 1 aliphatic rings. The molecule has 0 unspecified atom stereocenters. The first-order valence-corrected chi connectivity index (χ1v) is 4.60. The van der Waals surface area contributed by atoms with Gasteiger partial charge in [-0.3, -0.25) is 0 Å². The molecule has 5 heteroatoms. The summed E-state index contributed by atoms with van der Waals surface area (Å²) < 4.78 is 1.67. The molecule has 1 fully saturated rings. The first-order chi connectivity index (χ1) is 6.42. The lowest BCUT2D eigenvalue weighted by molar-refractivity contribution is 0.322. The molecule has 1 heterocycles. The first-order valence-electron chi connectivity index (χ1n) is 4.60. The van der Waals surface area contributed by atoms with E-state index in [1.165, 1.54) is 19.3 Å². The smallest absolute Gasteiger partial charge is 0.214 e. The van der Waals surface area contributed by atoms with Gasteiger partial charge in [-0.25, -0.2) is 4.68 Å². The van der Waals surface area contributed by atoms with E-state index in [9.17, 15) is 0 Å². The Kier molecular flexibility index (Phi) is 2.21. The molecule has 2 rings (SSSR count). The molecule has 0 radical (unpaired) electrons. The predicted molar refractivity (Wildman–Crippen MR) is 44.7 cm³/mol. The van der Waals surface area contributed by atoms with Crippen LogP contribution in [0.15, 0.2) is 0 Å². The fourth-order valence-electron chi connectivity index (χ4n) is 1.84. The van der Waals surface area contributed by atoms with Gasteiger partial charge in [-0.15, -0.1) is 0 Å². The Bertz CT molecular complexity index is 318. The molecule has 0 aromatic carbocycles. The minimum Gasteiger partial charge on any atom is -0.214 e. The van der Waals surface area contributed by atoms with Crippen LogP contribution in [0.4, 0.5) is 0 Å². The highest BCUT2D eigenvalue weighted by atomic mass is 15.5. The summed E-state index contributed by atoms with van der Waals surface area (Å²) in [5.41, 5.74) is 0. The Morgan fingerprint density at radius 3 is 2.77 bits per heavy atom. The lowest BCUT2D eigenvalue weighted by atomic mass is 9.96. The summed E-state index contributed by atoms with van der Waals surface area (Å²) in [4.78, 5) is 0. The lowest BCUT2D eigenvalue weighted by Crippen LogP contribution is -2.15. The van der Waals surface area contributed by atoms with Crippen LogP contribution in [0.25, 0.3) is 0 Å². The number of hydrogen-bond donors (Lipinski definition) is 0. The van der Waals surface area contributed by atoms with Crippen LogP contribution >= 0.6 is 0 Å². The molecule has 5 nitrogen and oxygen atoms in total. The highest BCUT2D eigenvalue weighted by molar-refractivity contribution is 5.07. The third-order valence-corrected chi connectivity index (χ3v) is 2.51. The van der Waals surface area contributed by atoms with Crippen LogP contribution in [0.2, 0.25) is 0 Å². The Morgan fingerprint density at radius 2 is 2.08 bits per heavy atom. The van der Waals surface area contributed by atoms with E-state index < -0.39 is 0 Å². The first kappa shape index (κ1) is 8.17. The highest BCUT2D eigenvalue weighted by Gasteiger charge is 2.19. The Hall–Kier alpha value is -1.44. The van der Waals surface area contributed by atoms with E-state index in [4.69, 9.17) is 5.26 Å². The van der Waals surface area contributed by atoms with Crippen molar-refractivity contribution in [3.63, 3.8) is 0 Å². The van der Waals surface area contributed by atoms with Crippen molar-refractivity contribution in [3.8, 4) is 6.07 Å². The summed E-state index contributed by atoms with van der Waals surface area (Å²) in [5, 5.41) is 19.7. The molecule has 68 valence electrons. The van der Waals surface area contributed by atoms with Gasteiger partial charge in [-0.05, 0) is 23.3 Å². The molecule has 0 N–H and O–H groups in total. The van der Waals surface area contributed by atoms with Gasteiger partial charge in [-0.1, -0.05) is 24.4 Å². The number of tetrazole rings is 1. The van der Waals surface area contributed by atoms with Gasteiger partial charge in [-0.2, -0.15) is 5.26 Å². The Balaban J connectivity index is 2.19. The molecule has 0 saturated heterocycles. The van der Waals surface area contributed by atoms with Gasteiger partial charge in [0.15, 0.2) is 0 Å². The molecule has 1 saturated carbocycles. The quantitative estimate of drug-likeness (QED) is 0.643. The van der Waals surface area contributed by atoms with E-state index in [2.05, 4.69) is 15.5 Å². The molecular formula is C8H11N5. The van der Waals surface area contributed by atoms with Crippen LogP contribution in [-0.2, 0) is 0 Å². The summed E-state index contributed by atoms with van der Waals surface area (Å²) in [7, 11) is 0. The minimum atomic E-state index is 0.340. The second kappa shape index (κ2) is 3.52. The normalized spacial score (nSPS) is 18.4. The summed E-state index contributed by atoms with van der Waals surface area (Å²) in [6.45, 7) is 0. The maximum absolute atomic E-state index is 8.72. The van der Waals surface area contributed by atoms with Crippen molar-refractivity contribution in [2.45, 2.75) is 38.1 Å². The van der Waals surface area contributed by atoms with E-state index in [1.807, 2.05) is 6.07 Å². The standard InChI is InChI=1S/C8H11N5/c9-6-8-10-11-12-13(8)7-4-2-1-3-5-7/h7H,1-5H2. The van der Waals surface area contributed by atoms with Crippen LogP contribution in [0.3, 0.4) is 0 Å². The molecule has 0 bridgehead atoms. The summed E-state index contributed by atoms with van der Waals surface area (Å²) >= 11 is 0.